The van der Waals surface area contributed by atoms with Gasteiger partial charge in [-0.1, -0.05) is 5.92 Å². The minimum Gasteiger partial charge on any atom is -0.497 e. The number of nitrogen functional groups attached to an aromatic ring is 1. The summed E-state index contributed by atoms with van der Waals surface area (Å²) in [5.41, 5.74) is 6.92. The topological polar surface area (TPSA) is 61.0 Å². The van der Waals surface area contributed by atoms with E-state index >= 15 is 0 Å². The Morgan fingerprint density at radius 1 is 1.06 bits per heavy atom. The third-order valence-electron chi connectivity index (χ3n) is 2.10. The summed E-state index contributed by atoms with van der Waals surface area (Å²) in [7, 11) is 1.63. The van der Waals surface area contributed by atoms with Gasteiger partial charge < -0.3 is 10.5 Å². The Balaban J connectivity index is 2.17. The van der Waals surface area contributed by atoms with Crippen LogP contribution < -0.4 is 10.5 Å². The second kappa shape index (κ2) is 4.99. The van der Waals surface area contributed by atoms with Crippen LogP contribution in [0.2, 0.25) is 0 Å². The Morgan fingerprint density at radius 3 is 2.41 bits per heavy atom. The summed E-state index contributed by atoms with van der Waals surface area (Å²) in [4.78, 5) is 7.95. The summed E-state index contributed by atoms with van der Waals surface area (Å²) < 4.78 is 5.06. The molecule has 0 saturated carbocycles. The molecule has 0 atom stereocenters. The zero-order valence-corrected chi connectivity index (χ0v) is 9.34. The smallest absolute Gasteiger partial charge is 0.141 e. The van der Waals surface area contributed by atoms with Crippen LogP contribution in [0.15, 0.2) is 36.7 Å². The molecule has 84 valence electrons. The van der Waals surface area contributed by atoms with Gasteiger partial charge in [0.05, 0.1) is 19.5 Å². The number of methoxy groups -OCH3 is 1. The van der Waals surface area contributed by atoms with Crippen LogP contribution in [0.4, 0.5) is 5.82 Å². The van der Waals surface area contributed by atoms with E-state index in [9.17, 15) is 0 Å². The number of rotatable bonds is 1. The Hall–Kier alpha value is -2.54. The molecule has 1 aromatic heterocycles. The van der Waals surface area contributed by atoms with Crippen molar-refractivity contribution in [1.29, 1.82) is 0 Å². The molecule has 2 N–H and O–H groups in total. The van der Waals surface area contributed by atoms with Crippen molar-refractivity contribution in [3.05, 3.63) is 47.9 Å². The van der Waals surface area contributed by atoms with Crippen LogP contribution in [0.5, 0.6) is 5.75 Å². The van der Waals surface area contributed by atoms with E-state index < -0.39 is 0 Å². The van der Waals surface area contributed by atoms with Crippen molar-refractivity contribution in [3.8, 4) is 17.6 Å². The van der Waals surface area contributed by atoms with Gasteiger partial charge in [-0.15, -0.1) is 0 Å². The van der Waals surface area contributed by atoms with E-state index in [0.29, 0.717) is 11.5 Å². The van der Waals surface area contributed by atoms with Gasteiger partial charge in [-0.2, -0.15) is 0 Å². The van der Waals surface area contributed by atoms with Gasteiger partial charge in [0.1, 0.15) is 17.3 Å². The van der Waals surface area contributed by atoms with Gasteiger partial charge in [0.25, 0.3) is 0 Å². The lowest BCUT2D eigenvalue weighted by Gasteiger charge is -1.97. The highest BCUT2D eigenvalue weighted by atomic mass is 16.5. The van der Waals surface area contributed by atoms with Crippen molar-refractivity contribution >= 4 is 5.82 Å². The van der Waals surface area contributed by atoms with Crippen molar-refractivity contribution < 1.29 is 4.74 Å². The molecule has 4 heteroatoms. The summed E-state index contributed by atoms with van der Waals surface area (Å²) in [6, 6.07) is 7.49. The first-order chi connectivity index (χ1) is 8.28. The van der Waals surface area contributed by atoms with E-state index in [1.54, 1.807) is 13.3 Å². The molecule has 0 bridgehead atoms. The summed E-state index contributed by atoms with van der Waals surface area (Å²) in [6.07, 6.45) is 3.03. The van der Waals surface area contributed by atoms with E-state index in [1.165, 1.54) is 6.20 Å². The molecule has 0 radical (unpaired) electrons. The maximum Gasteiger partial charge on any atom is 0.141 e. The van der Waals surface area contributed by atoms with Crippen LogP contribution in [0.1, 0.15) is 11.3 Å². The number of benzene rings is 1. The Kier molecular flexibility index (Phi) is 3.22. The Labute approximate surface area is 99.5 Å². The van der Waals surface area contributed by atoms with E-state index in [4.69, 9.17) is 10.5 Å². The third kappa shape index (κ3) is 2.95. The summed E-state index contributed by atoms with van der Waals surface area (Å²) in [5, 5.41) is 0. The Morgan fingerprint density at radius 2 is 1.82 bits per heavy atom. The highest BCUT2D eigenvalue weighted by Gasteiger charge is 1.91. The molecule has 1 aromatic carbocycles. The molecule has 1 heterocycles. The second-order valence-corrected chi connectivity index (χ2v) is 3.31. The quantitative estimate of drug-likeness (QED) is 0.746. The summed E-state index contributed by atoms with van der Waals surface area (Å²) in [5.74, 6) is 7.09. The minimum atomic E-state index is 0.389. The van der Waals surface area contributed by atoms with Crippen LogP contribution in [-0.2, 0) is 0 Å². The third-order valence-corrected chi connectivity index (χ3v) is 2.10. The maximum atomic E-state index is 5.43. The molecule has 4 nitrogen and oxygen atoms in total. The zero-order chi connectivity index (χ0) is 12.1. The van der Waals surface area contributed by atoms with Crippen molar-refractivity contribution in [2.45, 2.75) is 0 Å². The van der Waals surface area contributed by atoms with Gasteiger partial charge in [-0.3, -0.25) is 0 Å². The molecule has 0 aliphatic heterocycles. The molecule has 0 unspecified atom stereocenters. The predicted octanol–water partition coefficient (Wildman–Crippen LogP) is 1.47. The van der Waals surface area contributed by atoms with Gasteiger partial charge >= 0.3 is 0 Å². The van der Waals surface area contributed by atoms with E-state index in [1.807, 2.05) is 24.3 Å². The van der Waals surface area contributed by atoms with Crippen LogP contribution >= 0.6 is 0 Å². The van der Waals surface area contributed by atoms with Gasteiger partial charge in [0, 0.05) is 5.56 Å². The van der Waals surface area contributed by atoms with E-state index in [2.05, 4.69) is 21.8 Å². The molecule has 2 aromatic rings. The van der Waals surface area contributed by atoms with Crippen molar-refractivity contribution in [2.24, 2.45) is 0 Å². The fraction of sp³-hybridized carbons (Fsp3) is 0.0769. The molecule has 0 spiro atoms. The first-order valence-electron chi connectivity index (χ1n) is 5.01. The van der Waals surface area contributed by atoms with Crippen LogP contribution in [0, 0.1) is 11.8 Å². The first kappa shape index (κ1) is 11.0. The molecular formula is C13H11N3O. The van der Waals surface area contributed by atoms with Crippen molar-refractivity contribution in [2.75, 3.05) is 12.8 Å². The average Bonchev–Trinajstić information content (AvgIpc) is 2.39. The number of nitrogens with zero attached hydrogens (tertiary/aromatic N) is 2. The van der Waals surface area contributed by atoms with E-state index in [-0.39, 0.29) is 0 Å². The minimum absolute atomic E-state index is 0.389. The number of anilines is 1. The Bertz CT molecular complexity index is 550. The SMILES string of the molecule is COc1ccc(C#Cc2cnc(N)cn2)cc1. The van der Waals surface area contributed by atoms with Gasteiger partial charge in [-0.05, 0) is 30.2 Å². The number of hydrogen-bond donors (Lipinski definition) is 1. The first-order valence-corrected chi connectivity index (χ1v) is 5.01. The molecule has 0 aliphatic rings. The fourth-order valence-corrected chi connectivity index (χ4v) is 1.21. The second-order valence-electron chi connectivity index (χ2n) is 3.31. The lowest BCUT2D eigenvalue weighted by molar-refractivity contribution is 0.415. The summed E-state index contributed by atoms with van der Waals surface area (Å²) in [6.45, 7) is 0. The lowest BCUT2D eigenvalue weighted by atomic mass is 10.2. The average molecular weight is 225 g/mol. The highest BCUT2D eigenvalue weighted by molar-refractivity contribution is 5.42. The van der Waals surface area contributed by atoms with Crippen LogP contribution in [0.3, 0.4) is 0 Å². The molecule has 0 saturated heterocycles. The van der Waals surface area contributed by atoms with Gasteiger partial charge in [-0.25, -0.2) is 9.97 Å². The van der Waals surface area contributed by atoms with Crippen LogP contribution in [-0.4, -0.2) is 17.1 Å². The molecule has 17 heavy (non-hydrogen) atoms. The zero-order valence-electron chi connectivity index (χ0n) is 9.34. The highest BCUT2D eigenvalue weighted by Crippen LogP contribution is 2.10. The number of nitrogens with two attached hydrogens (primary N) is 1. The molecule has 2 rings (SSSR count). The van der Waals surface area contributed by atoms with E-state index in [0.717, 1.165) is 11.3 Å². The number of hydrogen-bond acceptors (Lipinski definition) is 4. The normalized spacial score (nSPS) is 9.24. The predicted molar refractivity (Wildman–Crippen MR) is 65.4 cm³/mol. The molecule has 0 fully saturated rings. The lowest BCUT2D eigenvalue weighted by Crippen LogP contribution is -1.92. The summed E-state index contributed by atoms with van der Waals surface area (Å²) >= 11 is 0. The molecular weight excluding hydrogens is 214 g/mol. The maximum absolute atomic E-state index is 5.43. The largest absolute Gasteiger partial charge is 0.497 e. The molecule has 0 amide bonds. The molecule has 0 aliphatic carbocycles. The monoisotopic (exact) mass is 225 g/mol. The number of ether oxygens (including phenoxy) is 1. The van der Waals surface area contributed by atoms with Crippen molar-refractivity contribution in [1.82, 2.24) is 9.97 Å². The standard InChI is InChI=1S/C13H11N3O/c1-17-12-6-3-10(4-7-12)2-5-11-8-16-13(14)9-15-11/h3-4,6-9H,1H3,(H2,14,16). The van der Waals surface area contributed by atoms with Crippen molar-refractivity contribution in [3.63, 3.8) is 0 Å². The number of aromatic nitrogens is 2. The van der Waals surface area contributed by atoms with Gasteiger partial charge in [0.2, 0.25) is 0 Å². The van der Waals surface area contributed by atoms with Crippen LogP contribution in [0.25, 0.3) is 0 Å². The van der Waals surface area contributed by atoms with Gasteiger partial charge in [0.15, 0.2) is 0 Å². The fourth-order valence-electron chi connectivity index (χ4n) is 1.21.